The number of thioether (sulfide) groups is 1. The molecule has 0 saturated heterocycles. The van der Waals surface area contributed by atoms with Gasteiger partial charge in [0.25, 0.3) is 0 Å². The quantitative estimate of drug-likeness (QED) is 0.462. The molecule has 54 valence electrons. The van der Waals surface area contributed by atoms with E-state index in [4.69, 9.17) is 0 Å². The Morgan fingerprint density at radius 3 is 2.60 bits per heavy atom. The van der Waals surface area contributed by atoms with E-state index in [1.54, 1.807) is 6.26 Å². The van der Waals surface area contributed by atoms with Crippen molar-refractivity contribution in [3.05, 3.63) is 24.0 Å². The van der Waals surface area contributed by atoms with E-state index in [1.807, 2.05) is 0 Å². The minimum atomic E-state index is -0.743. The number of hydrogen-bond acceptors (Lipinski definition) is 2. The lowest BCUT2D eigenvalue weighted by Gasteiger charge is -1.96. The fourth-order valence-corrected chi connectivity index (χ4v) is 1.07. The summed E-state index contributed by atoms with van der Waals surface area (Å²) in [4.78, 5) is 3.26. The van der Waals surface area contributed by atoms with E-state index >= 15 is 0 Å². The van der Waals surface area contributed by atoms with Crippen molar-refractivity contribution >= 4 is 11.8 Å². The SMILES string of the molecule is CSc1c(F)ccnc1F. The van der Waals surface area contributed by atoms with Gasteiger partial charge in [0.05, 0.1) is 4.90 Å². The van der Waals surface area contributed by atoms with Gasteiger partial charge in [-0.3, -0.25) is 0 Å². The number of pyridine rings is 1. The number of halogens is 2. The van der Waals surface area contributed by atoms with Crippen LogP contribution < -0.4 is 0 Å². The van der Waals surface area contributed by atoms with Crippen molar-refractivity contribution in [3.63, 3.8) is 0 Å². The van der Waals surface area contributed by atoms with Gasteiger partial charge in [-0.15, -0.1) is 11.8 Å². The average molecular weight is 161 g/mol. The summed E-state index contributed by atoms with van der Waals surface area (Å²) in [6.07, 6.45) is 2.70. The molecule has 1 aromatic heterocycles. The lowest BCUT2D eigenvalue weighted by atomic mass is 10.5. The van der Waals surface area contributed by atoms with Crippen LogP contribution in [0.2, 0.25) is 0 Å². The molecule has 0 radical (unpaired) electrons. The maximum absolute atomic E-state index is 12.5. The molecule has 0 fully saturated rings. The van der Waals surface area contributed by atoms with Gasteiger partial charge in [-0.05, 0) is 12.3 Å². The highest BCUT2D eigenvalue weighted by molar-refractivity contribution is 7.98. The van der Waals surface area contributed by atoms with E-state index in [1.165, 1.54) is 0 Å². The molecule has 4 heteroatoms. The van der Waals surface area contributed by atoms with Crippen LogP contribution >= 0.6 is 11.8 Å². The molecule has 0 bridgehead atoms. The topological polar surface area (TPSA) is 12.9 Å². The first-order chi connectivity index (χ1) is 4.75. The Labute approximate surface area is 61.5 Å². The third kappa shape index (κ3) is 1.26. The normalized spacial score (nSPS) is 9.90. The molecule has 0 spiro atoms. The molecule has 10 heavy (non-hydrogen) atoms. The largest absolute Gasteiger partial charge is 0.229 e. The van der Waals surface area contributed by atoms with Crippen molar-refractivity contribution in [2.75, 3.05) is 6.26 Å². The van der Waals surface area contributed by atoms with Crippen LogP contribution in [0.4, 0.5) is 8.78 Å². The summed E-state index contributed by atoms with van der Waals surface area (Å²) in [6, 6.07) is 1.13. The first-order valence-electron chi connectivity index (χ1n) is 2.59. The first kappa shape index (κ1) is 7.47. The van der Waals surface area contributed by atoms with Gasteiger partial charge in [0.2, 0.25) is 5.95 Å². The standard InChI is InChI=1S/C6H5F2NS/c1-10-5-4(7)2-3-9-6(5)8/h2-3H,1H3. The second kappa shape index (κ2) is 2.96. The van der Waals surface area contributed by atoms with Crippen LogP contribution in [0.25, 0.3) is 0 Å². The summed E-state index contributed by atoms with van der Waals surface area (Å²) in [7, 11) is 0. The van der Waals surface area contributed by atoms with Gasteiger partial charge in [-0.2, -0.15) is 4.39 Å². The minimum absolute atomic E-state index is 0.0255. The van der Waals surface area contributed by atoms with Crippen LogP contribution in [-0.2, 0) is 0 Å². The molecule has 1 nitrogen and oxygen atoms in total. The van der Waals surface area contributed by atoms with Gasteiger partial charge in [-0.1, -0.05) is 0 Å². The molecule has 1 rings (SSSR count). The summed E-state index contributed by atoms with van der Waals surface area (Å²) in [5, 5.41) is 0. The molecular formula is C6H5F2NS. The van der Waals surface area contributed by atoms with Crippen molar-refractivity contribution in [3.8, 4) is 0 Å². The molecule has 0 amide bonds. The Morgan fingerprint density at radius 1 is 1.50 bits per heavy atom. The van der Waals surface area contributed by atoms with Crippen molar-refractivity contribution in [2.45, 2.75) is 4.90 Å². The van der Waals surface area contributed by atoms with Gasteiger partial charge in [0.1, 0.15) is 5.82 Å². The van der Waals surface area contributed by atoms with Gasteiger partial charge in [0.15, 0.2) is 0 Å². The molecule has 0 aliphatic heterocycles. The smallest absolute Gasteiger partial charge is 0.227 e. The fraction of sp³-hybridized carbons (Fsp3) is 0.167. The second-order valence-corrected chi connectivity index (χ2v) is 2.43. The van der Waals surface area contributed by atoms with Crippen molar-refractivity contribution in [2.24, 2.45) is 0 Å². The Morgan fingerprint density at radius 2 is 2.20 bits per heavy atom. The Kier molecular flexibility index (Phi) is 2.21. The predicted octanol–water partition coefficient (Wildman–Crippen LogP) is 2.08. The second-order valence-electron chi connectivity index (χ2n) is 1.62. The van der Waals surface area contributed by atoms with E-state index in [-0.39, 0.29) is 4.90 Å². The highest BCUT2D eigenvalue weighted by Gasteiger charge is 2.06. The third-order valence-corrected chi connectivity index (χ3v) is 1.79. The van der Waals surface area contributed by atoms with Crippen LogP contribution in [0.15, 0.2) is 17.2 Å². The molecule has 0 aromatic carbocycles. The van der Waals surface area contributed by atoms with Gasteiger partial charge in [0, 0.05) is 6.20 Å². The van der Waals surface area contributed by atoms with Crippen molar-refractivity contribution in [1.29, 1.82) is 0 Å². The first-order valence-corrected chi connectivity index (χ1v) is 3.82. The van der Waals surface area contributed by atoms with E-state index in [0.29, 0.717) is 0 Å². The zero-order valence-electron chi connectivity index (χ0n) is 5.27. The summed E-state index contributed by atoms with van der Waals surface area (Å²) < 4.78 is 25.0. The molecule has 0 atom stereocenters. The maximum Gasteiger partial charge on any atom is 0.229 e. The molecule has 0 N–H and O–H groups in total. The van der Waals surface area contributed by atoms with E-state index in [0.717, 1.165) is 24.0 Å². The molecular weight excluding hydrogens is 156 g/mol. The summed E-state index contributed by atoms with van der Waals surface area (Å²) in [6.45, 7) is 0. The molecule has 1 heterocycles. The Balaban J connectivity index is 3.17. The van der Waals surface area contributed by atoms with Gasteiger partial charge < -0.3 is 0 Å². The molecule has 0 unspecified atom stereocenters. The highest BCUT2D eigenvalue weighted by atomic mass is 32.2. The monoisotopic (exact) mass is 161 g/mol. The van der Waals surface area contributed by atoms with Crippen LogP contribution in [0.5, 0.6) is 0 Å². The van der Waals surface area contributed by atoms with Gasteiger partial charge in [-0.25, -0.2) is 9.37 Å². The molecule has 0 aliphatic carbocycles. The van der Waals surface area contributed by atoms with Crippen molar-refractivity contribution in [1.82, 2.24) is 4.98 Å². The van der Waals surface area contributed by atoms with Crippen LogP contribution in [0.1, 0.15) is 0 Å². The summed E-state index contributed by atoms with van der Waals surface area (Å²) in [5.41, 5.74) is 0. The van der Waals surface area contributed by atoms with Crippen LogP contribution in [0, 0.1) is 11.8 Å². The number of nitrogens with zero attached hydrogens (tertiary/aromatic N) is 1. The lowest BCUT2D eigenvalue weighted by molar-refractivity contribution is 0.510. The van der Waals surface area contributed by atoms with E-state index in [2.05, 4.69) is 4.98 Å². The maximum atomic E-state index is 12.5. The summed E-state index contributed by atoms with van der Waals surface area (Å²) >= 11 is 1.01. The van der Waals surface area contributed by atoms with E-state index in [9.17, 15) is 8.78 Å². The molecule has 0 saturated carbocycles. The van der Waals surface area contributed by atoms with Crippen LogP contribution in [0.3, 0.4) is 0 Å². The van der Waals surface area contributed by atoms with E-state index < -0.39 is 11.8 Å². The Bertz CT molecular complexity index is 219. The summed E-state index contributed by atoms with van der Waals surface area (Å²) in [5.74, 6) is -1.30. The number of hydrogen-bond donors (Lipinski definition) is 0. The molecule has 1 aromatic rings. The number of aromatic nitrogens is 1. The van der Waals surface area contributed by atoms with Gasteiger partial charge >= 0.3 is 0 Å². The zero-order valence-corrected chi connectivity index (χ0v) is 6.08. The molecule has 0 aliphatic rings. The van der Waals surface area contributed by atoms with Crippen molar-refractivity contribution < 1.29 is 8.78 Å². The Hall–Kier alpha value is -0.640. The predicted molar refractivity (Wildman–Crippen MR) is 35.9 cm³/mol. The average Bonchev–Trinajstić information content (AvgIpc) is 1.88. The number of rotatable bonds is 1. The fourth-order valence-electron chi connectivity index (χ4n) is 0.583. The highest BCUT2D eigenvalue weighted by Crippen LogP contribution is 2.19. The minimum Gasteiger partial charge on any atom is -0.227 e. The zero-order chi connectivity index (χ0) is 7.56. The lowest BCUT2D eigenvalue weighted by Crippen LogP contribution is -1.89. The third-order valence-electron chi connectivity index (χ3n) is 1.02. The van der Waals surface area contributed by atoms with Crippen LogP contribution in [-0.4, -0.2) is 11.2 Å².